The summed E-state index contributed by atoms with van der Waals surface area (Å²) in [5, 5.41) is 9.26. The zero-order chi connectivity index (χ0) is 12.3. The van der Waals surface area contributed by atoms with Gasteiger partial charge >= 0.3 is 0 Å². The molecular formula is C12H14ClFN2. The van der Waals surface area contributed by atoms with Crippen LogP contribution in [0.25, 0.3) is 0 Å². The molecule has 4 heteroatoms. The molecule has 0 fully saturated rings. The summed E-state index contributed by atoms with van der Waals surface area (Å²) in [7, 11) is 3.69. The summed E-state index contributed by atoms with van der Waals surface area (Å²) in [6.07, 6.45) is 0.287. The number of hydrogen-bond donors (Lipinski definition) is 0. The van der Waals surface area contributed by atoms with Crippen molar-refractivity contribution >= 4 is 11.6 Å². The summed E-state index contributed by atoms with van der Waals surface area (Å²) in [5.41, 5.74) is 1.18. The fourth-order valence-corrected chi connectivity index (χ4v) is 1.92. The van der Waals surface area contributed by atoms with Crippen LogP contribution in [-0.2, 0) is 0 Å². The van der Waals surface area contributed by atoms with Crippen LogP contribution in [0.1, 0.15) is 23.6 Å². The monoisotopic (exact) mass is 240 g/mol. The van der Waals surface area contributed by atoms with Crippen LogP contribution in [-0.4, -0.2) is 19.0 Å². The molecule has 2 nitrogen and oxygen atoms in total. The van der Waals surface area contributed by atoms with Crippen molar-refractivity contribution in [1.29, 1.82) is 5.26 Å². The van der Waals surface area contributed by atoms with E-state index in [1.54, 1.807) is 13.0 Å². The highest BCUT2D eigenvalue weighted by atomic mass is 35.5. The van der Waals surface area contributed by atoms with Crippen molar-refractivity contribution in [2.45, 2.75) is 19.4 Å². The van der Waals surface area contributed by atoms with Gasteiger partial charge in [-0.1, -0.05) is 11.6 Å². The van der Waals surface area contributed by atoms with E-state index in [4.69, 9.17) is 16.9 Å². The zero-order valence-corrected chi connectivity index (χ0v) is 10.3. The van der Waals surface area contributed by atoms with E-state index in [0.29, 0.717) is 16.1 Å². The van der Waals surface area contributed by atoms with Gasteiger partial charge in [0, 0.05) is 11.1 Å². The number of nitriles is 1. The van der Waals surface area contributed by atoms with Gasteiger partial charge in [0.15, 0.2) is 0 Å². The molecule has 86 valence electrons. The quantitative estimate of drug-likeness (QED) is 0.811. The van der Waals surface area contributed by atoms with Crippen molar-refractivity contribution in [3.05, 3.63) is 34.1 Å². The van der Waals surface area contributed by atoms with Gasteiger partial charge in [-0.05, 0) is 44.3 Å². The molecule has 0 bridgehead atoms. The first-order chi connectivity index (χ1) is 7.47. The third kappa shape index (κ3) is 2.72. The van der Waals surface area contributed by atoms with Gasteiger partial charge in [0.1, 0.15) is 5.82 Å². The normalized spacial score (nSPS) is 12.6. The number of halogens is 2. The predicted octanol–water partition coefficient (Wildman–Crippen LogP) is 3.30. The van der Waals surface area contributed by atoms with Crippen LogP contribution >= 0.6 is 11.6 Å². The van der Waals surface area contributed by atoms with Crippen LogP contribution < -0.4 is 0 Å². The first kappa shape index (κ1) is 13.0. The van der Waals surface area contributed by atoms with Crippen LogP contribution in [0, 0.1) is 24.1 Å². The summed E-state index contributed by atoms with van der Waals surface area (Å²) in [4.78, 5) is 1.86. The van der Waals surface area contributed by atoms with E-state index in [9.17, 15) is 4.39 Å². The Kier molecular flexibility index (Phi) is 4.28. The van der Waals surface area contributed by atoms with Gasteiger partial charge in [-0.3, -0.25) is 0 Å². The lowest BCUT2D eigenvalue weighted by Crippen LogP contribution is -2.20. The van der Waals surface area contributed by atoms with Crippen molar-refractivity contribution in [3.63, 3.8) is 0 Å². The first-order valence-electron chi connectivity index (χ1n) is 4.96. The Morgan fingerprint density at radius 2 is 2.12 bits per heavy atom. The molecule has 0 aromatic heterocycles. The largest absolute Gasteiger partial charge is 0.301 e. The van der Waals surface area contributed by atoms with Gasteiger partial charge in [-0.25, -0.2) is 4.39 Å². The van der Waals surface area contributed by atoms with Gasteiger partial charge in [-0.15, -0.1) is 0 Å². The Bertz CT molecular complexity index is 424. The smallest absolute Gasteiger partial charge is 0.126 e. The topological polar surface area (TPSA) is 27.0 Å². The lowest BCUT2D eigenvalue weighted by molar-refractivity contribution is 0.303. The third-order valence-electron chi connectivity index (χ3n) is 2.54. The lowest BCUT2D eigenvalue weighted by Gasteiger charge is -2.23. The molecule has 16 heavy (non-hydrogen) atoms. The van der Waals surface area contributed by atoms with Crippen molar-refractivity contribution in [2.75, 3.05) is 14.1 Å². The maximum Gasteiger partial charge on any atom is 0.126 e. The first-order valence-corrected chi connectivity index (χ1v) is 5.34. The van der Waals surface area contributed by atoms with Crippen LogP contribution in [0.4, 0.5) is 4.39 Å². The van der Waals surface area contributed by atoms with Gasteiger partial charge in [0.25, 0.3) is 0 Å². The fourth-order valence-electron chi connectivity index (χ4n) is 1.57. The van der Waals surface area contributed by atoms with Crippen molar-refractivity contribution < 1.29 is 4.39 Å². The van der Waals surface area contributed by atoms with E-state index in [1.807, 2.05) is 19.0 Å². The average molecular weight is 241 g/mol. The molecule has 0 saturated carbocycles. The Hall–Kier alpha value is -1.11. The maximum atomic E-state index is 13.5. The van der Waals surface area contributed by atoms with Crippen molar-refractivity contribution in [2.24, 2.45) is 0 Å². The number of aryl methyl sites for hydroxylation is 1. The number of benzene rings is 1. The minimum atomic E-state index is -0.288. The minimum absolute atomic E-state index is 0.174. The molecule has 0 heterocycles. The molecule has 0 N–H and O–H groups in total. The summed E-state index contributed by atoms with van der Waals surface area (Å²) >= 11 is 6.07. The molecule has 0 aliphatic carbocycles. The molecule has 0 amide bonds. The van der Waals surface area contributed by atoms with Gasteiger partial charge in [0.05, 0.1) is 12.5 Å². The van der Waals surface area contributed by atoms with Gasteiger partial charge in [-0.2, -0.15) is 5.26 Å². The second-order valence-corrected chi connectivity index (χ2v) is 4.37. The molecule has 1 unspecified atom stereocenters. The standard InChI is InChI=1S/C12H14ClFN2/c1-8-6-10(13)9(7-11(8)14)12(4-5-15)16(2)3/h6-7,12H,4H2,1-3H3. The van der Waals surface area contributed by atoms with Crippen LogP contribution in [0.5, 0.6) is 0 Å². The second-order valence-electron chi connectivity index (χ2n) is 3.96. The third-order valence-corrected chi connectivity index (χ3v) is 2.87. The number of hydrogen-bond acceptors (Lipinski definition) is 2. The number of rotatable bonds is 3. The average Bonchev–Trinajstić information content (AvgIpc) is 2.20. The summed E-state index contributed by atoms with van der Waals surface area (Å²) in [6.45, 7) is 1.67. The SMILES string of the molecule is Cc1cc(Cl)c(C(CC#N)N(C)C)cc1F. The van der Waals surface area contributed by atoms with Crippen molar-refractivity contribution in [3.8, 4) is 6.07 Å². The number of nitrogens with zero attached hydrogens (tertiary/aromatic N) is 2. The summed E-state index contributed by atoms with van der Waals surface area (Å²) in [5.74, 6) is -0.288. The maximum absolute atomic E-state index is 13.5. The molecule has 0 spiro atoms. The molecule has 0 aliphatic rings. The molecule has 1 atom stereocenters. The fraction of sp³-hybridized carbons (Fsp3) is 0.417. The Balaban J connectivity index is 3.20. The molecule has 0 radical (unpaired) electrons. The summed E-state index contributed by atoms with van der Waals surface area (Å²) in [6, 6.07) is 4.93. The van der Waals surface area contributed by atoms with E-state index in [0.717, 1.165) is 0 Å². The summed E-state index contributed by atoms with van der Waals surface area (Å²) < 4.78 is 13.5. The highest BCUT2D eigenvalue weighted by molar-refractivity contribution is 6.31. The molecule has 1 aromatic carbocycles. The predicted molar refractivity (Wildman–Crippen MR) is 62.8 cm³/mol. The Morgan fingerprint density at radius 1 is 1.50 bits per heavy atom. The van der Waals surface area contributed by atoms with E-state index < -0.39 is 0 Å². The molecule has 1 rings (SSSR count). The zero-order valence-electron chi connectivity index (χ0n) is 9.59. The lowest BCUT2D eigenvalue weighted by atomic mass is 10.0. The van der Waals surface area contributed by atoms with Crippen LogP contribution in [0.3, 0.4) is 0 Å². The van der Waals surface area contributed by atoms with Gasteiger partial charge < -0.3 is 4.90 Å². The van der Waals surface area contributed by atoms with Crippen molar-refractivity contribution in [1.82, 2.24) is 4.90 Å². The highest BCUT2D eigenvalue weighted by Gasteiger charge is 2.18. The van der Waals surface area contributed by atoms with E-state index >= 15 is 0 Å². The Labute approximate surface area is 100 Å². The van der Waals surface area contributed by atoms with E-state index in [1.165, 1.54) is 6.07 Å². The van der Waals surface area contributed by atoms with E-state index in [-0.39, 0.29) is 18.3 Å². The second kappa shape index (κ2) is 5.29. The van der Waals surface area contributed by atoms with Gasteiger partial charge in [0.2, 0.25) is 0 Å². The molecule has 1 aromatic rings. The van der Waals surface area contributed by atoms with E-state index in [2.05, 4.69) is 6.07 Å². The molecule has 0 saturated heterocycles. The minimum Gasteiger partial charge on any atom is -0.301 e. The molecular weight excluding hydrogens is 227 g/mol. The molecule has 0 aliphatic heterocycles. The Morgan fingerprint density at radius 3 is 2.62 bits per heavy atom. The van der Waals surface area contributed by atoms with Crippen LogP contribution in [0.15, 0.2) is 12.1 Å². The highest BCUT2D eigenvalue weighted by Crippen LogP contribution is 2.30. The van der Waals surface area contributed by atoms with Crippen LogP contribution in [0.2, 0.25) is 5.02 Å².